The number of likely N-dealkylation sites (tertiary alicyclic amines) is 1. The summed E-state index contributed by atoms with van der Waals surface area (Å²) in [6.07, 6.45) is 4.46. The molecule has 11 heteroatoms. The topological polar surface area (TPSA) is 96.9 Å². The van der Waals surface area contributed by atoms with E-state index in [1.165, 1.54) is 0 Å². The zero-order valence-electron chi connectivity index (χ0n) is 16.9. The largest absolute Gasteiger partial charge is 0.378 e. The van der Waals surface area contributed by atoms with Crippen molar-refractivity contribution in [2.75, 3.05) is 44.0 Å². The van der Waals surface area contributed by atoms with E-state index >= 15 is 0 Å². The lowest BCUT2D eigenvalue weighted by Gasteiger charge is -2.34. The van der Waals surface area contributed by atoms with Gasteiger partial charge in [0.05, 0.1) is 37.2 Å². The van der Waals surface area contributed by atoms with Crippen molar-refractivity contribution in [3.63, 3.8) is 0 Å². The number of aromatic nitrogens is 6. The SMILES string of the molecule is CNc1nc(N[C@@H]2CN(C3COC3)C[C@@H]2F)nn2ccc(-c3ccn4nccc4n3)c12. The highest BCUT2D eigenvalue weighted by atomic mass is 19.1. The minimum atomic E-state index is -0.982. The third-order valence-corrected chi connectivity index (χ3v) is 6.01. The molecular weight excluding hydrogens is 401 g/mol. The van der Waals surface area contributed by atoms with Gasteiger partial charge in [-0.1, -0.05) is 0 Å². The first kappa shape index (κ1) is 18.5. The van der Waals surface area contributed by atoms with Crippen LogP contribution in [0.3, 0.4) is 0 Å². The molecule has 160 valence electrons. The lowest BCUT2D eigenvalue weighted by atomic mass is 10.2. The minimum absolute atomic E-state index is 0.314. The van der Waals surface area contributed by atoms with E-state index < -0.39 is 6.17 Å². The highest BCUT2D eigenvalue weighted by Crippen LogP contribution is 2.30. The average Bonchev–Trinajstić information content (AvgIpc) is 3.44. The standard InChI is InChI=1S/C20H22FN9O/c1-22-19-18-13(15-4-7-29-17(24-15)2-5-23-29)3-6-30(18)27-20(26-19)25-16-9-28(8-14(16)21)12-10-31-11-12/h2-7,12,14,16H,8-11H2,1H3,(H2,22,25,26,27)/t14-,16+/m0/s1. The van der Waals surface area contributed by atoms with Crippen LogP contribution in [0.2, 0.25) is 0 Å². The molecule has 0 spiro atoms. The molecule has 0 aromatic carbocycles. The molecule has 2 aliphatic rings. The van der Waals surface area contributed by atoms with Crippen molar-refractivity contribution < 1.29 is 9.13 Å². The summed E-state index contributed by atoms with van der Waals surface area (Å²) in [5, 5.41) is 15.1. The van der Waals surface area contributed by atoms with E-state index in [2.05, 4.69) is 35.7 Å². The maximum Gasteiger partial charge on any atom is 0.243 e. The lowest BCUT2D eigenvalue weighted by molar-refractivity contribution is -0.0585. The fourth-order valence-electron chi connectivity index (χ4n) is 4.26. The first-order valence-corrected chi connectivity index (χ1v) is 10.3. The molecule has 0 unspecified atom stereocenters. The summed E-state index contributed by atoms with van der Waals surface area (Å²) in [4.78, 5) is 11.4. The zero-order chi connectivity index (χ0) is 20.9. The molecule has 0 aliphatic carbocycles. The Kier molecular flexibility index (Phi) is 4.25. The number of anilines is 2. The van der Waals surface area contributed by atoms with Gasteiger partial charge in [-0.15, -0.1) is 5.10 Å². The van der Waals surface area contributed by atoms with Crippen molar-refractivity contribution in [3.05, 3.63) is 36.8 Å². The fourth-order valence-corrected chi connectivity index (χ4v) is 4.26. The molecule has 4 aromatic heterocycles. The van der Waals surface area contributed by atoms with Gasteiger partial charge in [0.15, 0.2) is 11.5 Å². The number of halogens is 1. The molecule has 4 aromatic rings. The molecule has 2 aliphatic heterocycles. The molecule has 6 rings (SSSR count). The molecule has 0 amide bonds. The molecule has 31 heavy (non-hydrogen) atoms. The summed E-state index contributed by atoms with van der Waals surface area (Å²) in [5.74, 6) is 1.03. The van der Waals surface area contributed by atoms with Crippen LogP contribution in [0.4, 0.5) is 16.2 Å². The second-order valence-corrected chi connectivity index (χ2v) is 7.92. The number of rotatable bonds is 5. The molecule has 0 saturated carbocycles. The number of alkyl halides is 1. The van der Waals surface area contributed by atoms with E-state index in [-0.39, 0.29) is 6.04 Å². The normalized spacial score (nSPS) is 22.3. The van der Waals surface area contributed by atoms with Gasteiger partial charge in [0, 0.05) is 44.2 Å². The van der Waals surface area contributed by atoms with Crippen LogP contribution in [0.5, 0.6) is 0 Å². The second-order valence-electron chi connectivity index (χ2n) is 7.92. The summed E-state index contributed by atoms with van der Waals surface area (Å²) in [7, 11) is 1.81. The maximum atomic E-state index is 14.6. The van der Waals surface area contributed by atoms with Crippen LogP contribution in [0, 0.1) is 0 Å². The quantitative estimate of drug-likeness (QED) is 0.496. The monoisotopic (exact) mass is 423 g/mol. The molecular formula is C20H22FN9O. The number of nitrogens with one attached hydrogen (secondary N) is 2. The van der Waals surface area contributed by atoms with Gasteiger partial charge in [0.25, 0.3) is 0 Å². The smallest absolute Gasteiger partial charge is 0.243 e. The van der Waals surface area contributed by atoms with Crippen LogP contribution in [0.1, 0.15) is 0 Å². The Bertz CT molecular complexity index is 1250. The maximum absolute atomic E-state index is 14.6. The van der Waals surface area contributed by atoms with Crippen LogP contribution in [-0.4, -0.2) is 85.7 Å². The summed E-state index contributed by atoms with van der Waals surface area (Å²) in [6, 6.07) is 5.67. The number of nitrogens with zero attached hydrogens (tertiary/aromatic N) is 7. The van der Waals surface area contributed by atoms with Crippen LogP contribution in [-0.2, 0) is 4.74 Å². The molecule has 2 N–H and O–H groups in total. The highest BCUT2D eigenvalue weighted by molar-refractivity contribution is 5.87. The Balaban J connectivity index is 1.32. The van der Waals surface area contributed by atoms with E-state index in [0.717, 1.165) is 22.4 Å². The highest BCUT2D eigenvalue weighted by Gasteiger charge is 2.39. The molecule has 0 bridgehead atoms. The van der Waals surface area contributed by atoms with Gasteiger partial charge in [-0.2, -0.15) is 10.1 Å². The van der Waals surface area contributed by atoms with Gasteiger partial charge in [-0.3, -0.25) is 4.90 Å². The predicted octanol–water partition coefficient (Wildman–Crippen LogP) is 1.31. The van der Waals surface area contributed by atoms with E-state index in [1.54, 1.807) is 15.2 Å². The van der Waals surface area contributed by atoms with Crippen molar-refractivity contribution in [1.29, 1.82) is 0 Å². The summed E-state index contributed by atoms with van der Waals surface area (Å²) >= 11 is 0. The van der Waals surface area contributed by atoms with Crippen LogP contribution < -0.4 is 10.6 Å². The Morgan fingerprint density at radius 2 is 1.97 bits per heavy atom. The van der Waals surface area contributed by atoms with Gasteiger partial charge >= 0.3 is 0 Å². The van der Waals surface area contributed by atoms with Crippen LogP contribution in [0.25, 0.3) is 22.4 Å². The summed E-state index contributed by atoms with van der Waals surface area (Å²) < 4.78 is 23.3. The molecule has 0 radical (unpaired) electrons. The van der Waals surface area contributed by atoms with Crippen LogP contribution in [0.15, 0.2) is 36.8 Å². The Morgan fingerprint density at radius 1 is 1.10 bits per heavy atom. The Labute approximate surface area is 177 Å². The van der Waals surface area contributed by atoms with Crippen LogP contribution >= 0.6 is 0 Å². The van der Waals surface area contributed by atoms with Crippen molar-refractivity contribution in [2.24, 2.45) is 0 Å². The van der Waals surface area contributed by atoms with Gasteiger partial charge in [-0.25, -0.2) is 18.4 Å². The van der Waals surface area contributed by atoms with Gasteiger partial charge in [0.1, 0.15) is 11.7 Å². The number of hydrogen-bond donors (Lipinski definition) is 2. The first-order chi connectivity index (χ1) is 15.2. The fraction of sp³-hybridized carbons (Fsp3) is 0.400. The summed E-state index contributed by atoms with van der Waals surface area (Å²) in [6.45, 7) is 2.37. The molecule has 10 nitrogen and oxygen atoms in total. The zero-order valence-corrected chi connectivity index (χ0v) is 16.9. The van der Waals surface area contributed by atoms with Crippen molar-refractivity contribution >= 4 is 22.9 Å². The summed E-state index contributed by atoms with van der Waals surface area (Å²) in [5.41, 5.74) is 3.27. The van der Waals surface area contributed by atoms with E-state index in [9.17, 15) is 4.39 Å². The Hall–Kier alpha value is -3.31. The van der Waals surface area contributed by atoms with E-state index in [4.69, 9.17) is 4.74 Å². The molecule has 2 atom stereocenters. The average molecular weight is 423 g/mol. The Morgan fingerprint density at radius 3 is 2.77 bits per heavy atom. The minimum Gasteiger partial charge on any atom is -0.378 e. The van der Waals surface area contributed by atoms with Gasteiger partial charge in [-0.05, 0) is 12.1 Å². The number of ether oxygens (including phenoxy) is 1. The van der Waals surface area contributed by atoms with E-state index in [1.807, 2.05) is 37.6 Å². The first-order valence-electron chi connectivity index (χ1n) is 10.3. The van der Waals surface area contributed by atoms with Crippen molar-refractivity contribution in [1.82, 2.24) is 34.1 Å². The van der Waals surface area contributed by atoms with E-state index in [0.29, 0.717) is 44.1 Å². The third kappa shape index (κ3) is 3.08. The van der Waals surface area contributed by atoms with Crippen molar-refractivity contribution in [3.8, 4) is 11.3 Å². The van der Waals surface area contributed by atoms with Gasteiger partial charge in [0.2, 0.25) is 5.95 Å². The second kappa shape index (κ2) is 7.13. The lowest BCUT2D eigenvalue weighted by Crippen LogP contribution is -2.48. The number of hydrogen-bond acceptors (Lipinski definition) is 8. The number of fused-ring (bicyclic) bond motifs is 2. The molecule has 6 heterocycles. The van der Waals surface area contributed by atoms with Crippen molar-refractivity contribution in [2.45, 2.75) is 18.3 Å². The molecule has 2 fully saturated rings. The molecule has 2 saturated heterocycles. The third-order valence-electron chi connectivity index (χ3n) is 6.01. The van der Waals surface area contributed by atoms with Gasteiger partial charge < -0.3 is 15.4 Å². The predicted molar refractivity (Wildman–Crippen MR) is 113 cm³/mol.